The Morgan fingerprint density at radius 1 is 1.04 bits per heavy atom. The van der Waals surface area contributed by atoms with Gasteiger partial charge in [-0.3, -0.25) is 0 Å². The fraction of sp³-hybridized carbons (Fsp3) is 0.200. The molecule has 6 heteroatoms. The number of oxime groups is 1. The third-order valence-corrected chi connectivity index (χ3v) is 4.18. The van der Waals surface area contributed by atoms with Gasteiger partial charge in [0.05, 0.1) is 11.1 Å². The molecule has 0 saturated heterocycles. The van der Waals surface area contributed by atoms with Crippen molar-refractivity contribution in [2.45, 2.75) is 26.9 Å². The molecule has 0 bridgehead atoms. The second-order valence-corrected chi connectivity index (χ2v) is 6.27. The number of alkyl halides is 3. The number of hydrogen-bond acceptors (Lipinski definition) is 3. The quantitative estimate of drug-likeness (QED) is 0.561. The van der Waals surface area contributed by atoms with Crippen LogP contribution in [0.2, 0.25) is 0 Å². The second-order valence-electron chi connectivity index (χ2n) is 6.27. The molecule has 0 radical (unpaired) electrons. The van der Waals surface area contributed by atoms with E-state index < -0.39 is 17.7 Å². The fourth-order valence-corrected chi connectivity index (χ4v) is 3.02. The lowest BCUT2D eigenvalue weighted by atomic mass is 9.94. The highest BCUT2D eigenvalue weighted by atomic mass is 19.4. The van der Waals surface area contributed by atoms with Gasteiger partial charge in [0.15, 0.2) is 0 Å². The molecule has 0 amide bonds. The Morgan fingerprint density at radius 3 is 2.31 bits per heavy atom. The Morgan fingerprint density at radius 2 is 1.69 bits per heavy atom. The Hall–Kier alpha value is -2.89. The largest absolute Gasteiger partial charge is 0.416 e. The summed E-state index contributed by atoms with van der Waals surface area (Å²) in [5.41, 5.74) is 3.43. The predicted molar refractivity (Wildman–Crippen MR) is 92.7 cm³/mol. The summed E-state index contributed by atoms with van der Waals surface area (Å²) in [6.07, 6.45) is -2.85. The number of aryl methyl sites for hydroxylation is 3. The minimum atomic E-state index is -4.48. The number of hydrogen-bond donors (Lipinski definition) is 0. The van der Waals surface area contributed by atoms with Gasteiger partial charge in [-0.15, -0.1) is 0 Å². The molecule has 2 aromatic carbocycles. The number of carbonyl (C=O) groups is 1. The van der Waals surface area contributed by atoms with Crippen molar-refractivity contribution in [3.05, 3.63) is 75.4 Å². The molecule has 0 saturated carbocycles. The lowest BCUT2D eigenvalue weighted by molar-refractivity contribution is -0.138. The summed E-state index contributed by atoms with van der Waals surface area (Å²) < 4.78 is 38.9. The van der Waals surface area contributed by atoms with Gasteiger partial charge in [-0.1, -0.05) is 35.0 Å². The highest BCUT2D eigenvalue weighted by molar-refractivity contribution is 6.31. The molecule has 0 aromatic heterocycles. The molecule has 2 aromatic rings. The van der Waals surface area contributed by atoms with Crippen LogP contribution in [-0.2, 0) is 15.8 Å². The molecule has 3 nitrogen and oxygen atoms in total. The third-order valence-electron chi connectivity index (χ3n) is 4.18. The number of rotatable bonds is 2. The van der Waals surface area contributed by atoms with Crippen molar-refractivity contribution in [2.24, 2.45) is 5.16 Å². The van der Waals surface area contributed by atoms with E-state index in [-0.39, 0.29) is 16.8 Å². The molecular weight excluding hydrogens is 343 g/mol. The molecule has 1 aliphatic heterocycles. The summed E-state index contributed by atoms with van der Waals surface area (Å²) >= 11 is 0. The first-order chi connectivity index (χ1) is 12.2. The van der Waals surface area contributed by atoms with Gasteiger partial charge in [0.2, 0.25) is 0 Å². The minimum Gasteiger partial charge on any atom is -0.312 e. The van der Waals surface area contributed by atoms with E-state index in [0.29, 0.717) is 0 Å². The summed E-state index contributed by atoms with van der Waals surface area (Å²) in [5, 5.41) is 3.70. The summed E-state index contributed by atoms with van der Waals surface area (Å²) in [6.45, 7) is 5.79. The van der Waals surface area contributed by atoms with Gasteiger partial charge in [0.25, 0.3) is 0 Å². The first kappa shape index (κ1) is 17.9. The van der Waals surface area contributed by atoms with Crippen LogP contribution in [0.3, 0.4) is 0 Å². The lowest BCUT2D eigenvalue weighted by Crippen LogP contribution is -2.10. The molecule has 0 N–H and O–H groups in total. The number of benzene rings is 2. The second kappa shape index (κ2) is 6.44. The van der Waals surface area contributed by atoms with Crippen LogP contribution in [0, 0.1) is 20.8 Å². The van der Waals surface area contributed by atoms with Crippen molar-refractivity contribution < 1.29 is 22.8 Å². The van der Waals surface area contributed by atoms with Crippen LogP contribution in [0.15, 0.2) is 47.1 Å². The smallest absolute Gasteiger partial charge is 0.312 e. The molecule has 26 heavy (non-hydrogen) atoms. The zero-order valence-corrected chi connectivity index (χ0v) is 14.4. The van der Waals surface area contributed by atoms with Crippen molar-refractivity contribution in [1.29, 1.82) is 0 Å². The molecule has 0 spiro atoms. The first-order valence-electron chi connectivity index (χ1n) is 7.93. The van der Waals surface area contributed by atoms with Crippen molar-refractivity contribution in [3.63, 3.8) is 0 Å². The van der Waals surface area contributed by atoms with Gasteiger partial charge in [-0.25, -0.2) is 4.79 Å². The Labute approximate surface area is 148 Å². The number of carbonyl (C=O) groups excluding carboxylic acids is 1. The Balaban J connectivity index is 2.09. The van der Waals surface area contributed by atoms with Gasteiger partial charge in [-0.2, -0.15) is 13.2 Å². The van der Waals surface area contributed by atoms with E-state index in [0.717, 1.165) is 34.4 Å². The highest BCUT2D eigenvalue weighted by Gasteiger charge is 2.33. The molecule has 3 rings (SSSR count). The lowest BCUT2D eigenvalue weighted by Gasteiger charge is -2.10. The SMILES string of the molecule is Cc1cc(C)c(/C=C2/C(=O)ON=C2c2cccc(C(F)(F)F)c2)c(C)c1. The molecule has 134 valence electrons. The summed E-state index contributed by atoms with van der Waals surface area (Å²) in [5.74, 6) is -0.684. The van der Waals surface area contributed by atoms with E-state index in [1.54, 1.807) is 6.08 Å². The molecule has 1 heterocycles. The number of halogens is 3. The van der Waals surface area contributed by atoms with Gasteiger partial charge < -0.3 is 4.84 Å². The molecule has 1 aliphatic rings. The summed E-state index contributed by atoms with van der Waals surface area (Å²) in [6, 6.07) is 8.63. The molecule has 0 fully saturated rings. The van der Waals surface area contributed by atoms with Crippen LogP contribution in [-0.4, -0.2) is 11.7 Å². The predicted octanol–water partition coefficient (Wildman–Crippen LogP) is 4.98. The number of nitrogens with zero attached hydrogens (tertiary/aromatic N) is 1. The van der Waals surface area contributed by atoms with E-state index in [1.165, 1.54) is 12.1 Å². The van der Waals surface area contributed by atoms with Crippen molar-refractivity contribution in [1.82, 2.24) is 0 Å². The zero-order chi connectivity index (χ0) is 19.1. The maximum Gasteiger partial charge on any atom is 0.416 e. The molecule has 0 unspecified atom stereocenters. The van der Waals surface area contributed by atoms with E-state index in [2.05, 4.69) is 5.16 Å². The third kappa shape index (κ3) is 3.40. The topological polar surface area (TPSA) is 38.7 Å². The Kier molecular flexibility index (Phi) is 4.44. The van der Waals surface area contributed by atoms with E-state index >= 15 is 0 Å². The van der Waals surface area contributed by atoms with Gasteiger partial charge >= 0.3 is 12.1 Å². The average molecular weight is 359 g/mol. The fourth-order valence-electron chi connectivity index (χ4n) is 3.02. The summed E-state index contributed by atoms with van der Waals surface area (Å²) in [4.78, 5) is 16.8. The van der Waals surface area contributed by atoms with E-state index in [9.17, 15) is 18.0 Å². The van der Waals surface area contributed by atoms with Crippen molar-refractivity contribution in [3.8, 4) is 0 Å². The van der Waals surface area contributed by atoms with E-state index in [1.807, 2.05) is 32.9 Å². The first-order valence-corrected chi connectivity index (χ1v) is 7.93. The standard InChI is InChI=1S/C20H16F3NO2/c1-11-7-12(2)16(13(3)8-11)10-17-18(24-26-19(17)25)14-5-4-6-15(9-14)20(21,22)23/h4-10H,1-3H3/b17-10+. The van der Waals surface area contributed by atoms with Crippen molar-refractivity contribution in [2.75, 3.05) is 0 Å². The van der Waals surface area contributed by atoms with Gasteiger partial charge in [0.1, 0.15) is 5.71 Å². The maximum atomic E-state index is 13.0. The zero-order valence-electron chi connectivity index (χ0n) is 14.4. The maximum absolute atomic E-state index is 13.0. The molecule has 0 aliphatic carbocycles. The van der Waals surface area contributed by atoms with Crippen LogP contribution < -0.4 is 0 Å². The van der Waals surface area contributed by atoms with Crippen LogP contribution in [0.5, 0.6) is 0 Å². The van der Waals surface area contributed by atoms with Crippen LogP contribution in [0.1, 0.15) is 33.4 Å². The van der Waals surface area contributed by atoms with Gasteiger partial charge in [-0.05, 0) is 55.7 Å². The van der Waals surface area contributed by atoms with Crippen molar-refractivity contribution >= 4 is 17.8 Å². The Bertz CT molecular complexity index is 933. The van der Waals surface area contributed by atoms with Crippen LogP contribution >= 0.6 is 0 Å². The molecule has 0 atom stereocenters. The van der Waals surface area contributed by atoms with Crippen LogP contribution in [0.25, 0.3) is 6.08 Å². The minimum absolute atomic E-state index is 0.0977. The summed E-state index contributed by atoms with van der Waals surface area (Å²) in [7, 11) is 0. The normalized spacial score (nSPS) is 16.0. The average Bonchev–Trinajstić information content (AvgIpc) is 2.91. The van der Waals surface area contributed by atoms with Gasteiger partial charge in [0, 0.05) is 5.56 Å². The van der Waals surface area contributed by atoms with Crippen LogP contribution in [0.4, 0.5) is 13.2 Å². The molecular formula is C20H16F3NO2. The monoisotopic (exact) mass is 359 g/mol. The van der Waals surface area contributed by atoms with E-state index in [4.69, 9.17) is 4.84 Å². The highest BCUT2D eigenvalue weighted by Crippen LogP contribution is 2.31.